The second-order valence-corrected chi connectivity index (χ2v) is 9.83. The van der Waals surface area contributed by atoms with Gasteiger partial charge in [0.05, 0.1) is 0 Å². The molecule has 0 aromatic carbocycles. The quantitative estimate of drug-likeness (QED) is 0.643. The van der Waals surface area contributed by atoms with Gasteiger partial charge in [-0.15, -0.1) is 0 Å². The van der Waals surface area contributed by atoms with Gasteiger partial charge in [0.25, 0.3) is 10.0 Å². The molecule has 0 radical (unpaired) electrons. The maximum Gasteiger partial charge on any atom is 0.251 e. The van der Waals surface area contributed by atoms with Crippen LogP contribution in [0.5, 0.6) is 0 Å². The molecule has 1 aliphatic heterocycles. The Bertz CT molecular complexity index is 842. The average Bonchev–Trinajstić information content (AvgIpc) is 2.59. The zero-order valence-electron chi connectivity index (χ0n) is 15.4. The molecule has 142 valence electrons. The first-order chi connectivity index (χ1) is 12.0. The molecule has 2 aliphatic rings. The van der Waals surface area contributed by atoms with Crippen molar-refractivity contribution in [3.63, 3.8) is 0 Å². The Morgan fingerprint density at radius 3 is 2.31 bits per heavy atom. The number of piperidine rings is 1. The van der Waals surface area contributed by atoms with Gasteiger partial charge in [-0.25, -0.2) is 8.42 Å². The number of allylic oxidation sites excluding steroid dienone is 3. The van der Waals surface area contributed by atoms with Crippen molar-refractivity contribution in [3.8, 4) is 0 Å². The molecule has 0 unspecified atom stereocenters. The smallest absolute Gasteiger partial charge is 0.251 e. The van der Waals surface area contributed by atoms with Crippen LogP contribution in [0.15, 0.2) is 33.0 Å². The Hall–Kier alpha value is -1.42. The molecule has 0 bridgehead atoms. The number of nitrogens with zero attached hydrogens (tertiary/aromatic N) is 1. The molecule has 0 aromatic rings. The highest BCUT2D eigenvalue weighted by Gasteiger charge is 2.30. The molecule has 0 atom stereocenters. The summed E-state index contributed by atoms with van der Waals surface area (Å²) in [5, 5.41) is 0.0239. The molecule has 0 aromatic heterocycles. The van der Waals surface area contributed by atoms with Crippen molar-refractivity contribution < 1.29 is 18.0 Å². The van der Waals surface area contributed by atoms with E-state index in [0.717, 1.165) is 19.3 Å². The molecule has 7 heteroatoms. The van der Waals surface area contributed by atoms with Crippen molar-refractivity contribution in [1.29, 1.82) is 0 Å². The van der Waals surface area contributed by atoms with E-state index in [2.05, 4.69) is 11.5 Å². The first-order valence-corrected chi connectivity index (χ1v) is 10.6. The van der Waals surface area contributed by atoms with Gasteiger partial charge in [-0.3, -0.25) is 9.59 Å². The highest BCUT2D eigenvalue weighted by Crippen LogP contribution is 2.27. The molecule has 1 fully saturated rings. The lowest BCUT2D eigenvalue weighted by molar-refractivity contribution is -0.128. The van der Waals surface area contributed by atoms with Crippen LogP contribution in [-0.4, -0.2) is 37.4 Å². The summed E-state index contributed by atoms with van der Waals surface area (Å²) < 4.78 is 26.9. The molecule has 5 nitrogen and oxygen atoms in total. The van der Waals surface area contributed by atoms with Crippen molar-refractivity contribution in [2.75, 3.05) is 13.1 Å². The van der Waals surface area contributed by atoms with E-state index in [9.17, 15) is 18.0 Å². The minimum atomic E-state index is -3.72. The van der Waals surface area contributed by atoms with Crippen LogP contribution < -0.4 is 0 Å². The van der Waals surface area contributed by atoms with Gasteiger partial charge in [-0.05, 0) is 30.4 Å². The minimum Gasteiger partial charge on any atom is -0.299 e. The first kappa shape index (κ1) is 20.9. The molecule has 1 aliphatic carbocycles. The predicted octanol–water partition coefficient (Wildman–Crippen LogP) is 3.47. The van der Waals surface area contributed by atoms with Gasteiger partial charge in [0, 0.05) is 36.9 Å². The number of rotatable bonds is 6. The Morgan fingerprint density at radius 2 is 1.73 bits per heavy atom. The van der Waals surface area contributed by atoms with Gasteiger partial charge >= 0.3 is 0 Å². The maximum absolute atomic E-state index is 12.7. The highest BCUT2D eigenvalue weighted by molar-refractivity contribution is 7.93. The first-order valence-electron chi connectivity index (χ1n) is 8.73. The third-order valence-electron chi connectivity index (χ3n) is 4.46. The normalized spacial score (nSPS) is 18.8. The average molecular weight is 398 g/mol. The second-order valence-electron chi connectivity index (χ2n) is 7.55. The van der Waals surface area contributed by atoms with Crippen LogP contribution in [0.4, 0.5) is 0 Å². The molecule has 0 saturated carbocycles. The van der Waals surface area contributed by atoms with Crippen molar-refractivity contribution in [2.45, 2.75) is 52.9 Å². The topological polar surface area (TPSA) is 71.5 Å². The summed E-state index contributed by atoms with van der Waals surface area (Å²) in [7, 11) is -3.72. The summed E-state index contributed by atoms with van der Waals surface area (Å²) in [5.41, 5.74) is 4.64. The maximum atomic E-state index is 12.7. The van der Waals surface area contributed by atoms with Crippen LogP contribution in [0, 0.1) is 5.41 Å². The number of Topliss-reactive ketones (excluding diaryl/α,β-unsaturated/α-hetero) is 2. The van der Waals surface area contributed by atoms with Gasteiger partial charge in [-0.2, -0.15) is 4.31 Å². The summed E-state index contributed by atoms with van der Waals surface area (Å²) in [4.78, 5) is 24.4. The predicted molar refractivity (Wildman–Crippen MR) is 101 cm³/mol. The van der Waals surface area contributed by atoms with E-state index >= 15 is 0 Å². The van der Waals surface area contributed by atoms with Crippen LogP contribution in [0.2, 0.25) is 0 Å². The van der Waals surface area contributed by atoms with Crippen molar-refractivity contribution in [3.05, 3.63) is 33.0 Å². The molecule has 1 heterocycles. The van der Waals surface area contributed by atoms with E-state index in [1.54, 1.807) is 20.8 Å². The number of halogens is 1. The van der Waals surface area contributed by atoms with Crippen molar-refractivity contribution in [1.82, 2.24) is 4.31 Å². The van der Waals surface area contributed by atoms with Crippen LogP contribution in [0.3, 0.4) is 0 Å². The van der Waals surface area contributed by atoms with Gasteiger partial charge in [0.1, 0.15) is 15.7 Å². The van der Waals surface area contributed by atoms with Crippen LogP contribution >= 0.6 is 11.6 Å². The van der Waals surface area contributed by atoms with E-state index in [1.165, 1.54) is 10.4 Å². The third kappa shape index (κ3) is 4.85. The summed E-state index contributed by atoms with van der Waals surface area (Å²) >= 11 is 6.03. The van der Waals surface area contributed by atoms with E-state index in [-0.39, 0.29) is 39.9 Å². The fourth-order valence-corrected chi connectivity index (χ4v) is 4.41. The van der Waals surface area contributed by atoms with Gasteiger partial charge in [-0.1, -0.05) is 38.8 Å². The molecule has 1 saturated heterocycles. The van der Waals surface area contributed by atoms with E-state index < -0.39 is 15.4 Å². The number of hydrogen-bond acceptors (Lipinski definition) is 4. The van der Waals surface area contributed by atoms with Crippen LogP contribution in [-0.2, 0) is 19.6 Å². The largest absolute Gasteiger partial charge is 0.299 e. The monoisotopic (exact) mass is 397 g/mol. The number of carbonyl (C=O) groups excluding carboxylic acids is 2. The standard InChI is InChI=1S/C19H24ClNO4S/c1-19(2,3)18(23)10-9-17(22)15-13-14(7-8-16(15)20)26(24,25)21-11-5-4-6-12-21/h13H,4-6,9-12H2,1-3H3. The minimum absolute atomic E-state index is 0.0170. The zero-order chi connectivity index (χ0) is 19.5. The number of carbonyl (C=O) groups is 2. The van der Waals surface area contributed by atoms with E-state index in [1.807, 2.05) is 0 Å². The zero-order valence-corrected chi connectivity index (χ0v) is 17.0. The van der Waals surface area contributed by atoms with Gasteiger partial charge < -0.3 is 0 Å². The lowest BCUT2D eigenvalue weighted by atomic mass is 9.87. The summed E-state index contributed by atoms with van der Waals surface area (Å²) in [5.74, 6) is -0.400. The Kier molecular flexibility index (Phi) is 6.49. The lowest BCUT2D eigenvalue weighted by Gasteiger charge is -2.26. The fourth-order valence-electron chi connectivity index (χ4n) is 2.74. The number of ketones is 2. The van der Waals surface area contributed by atoms with E-state index in [4.69, 9.17) is 11.6 Å². The molecular weight excluding hydrogens is 374 g/mol. The molecule has 2 rings (SSSR count). The number of sulfonamides is 1. The summed E-state index contributed by atoms with van der Waals surface area (Å²) in [6.45, 7) is 6.30. The Morgan fingerprint density at radius 1 is 1.12 bits per heavy atom. The van der Waals surface area contributed by atoms with Crippen LogP contribution in [0.25, 0.3) is 0 Å². The SMILES string of the molecule is CC(C)(C)C(=O)CCC(=O)C1=CC(S(=O)(=O)N2CCCCC2)=C=C=C1Cl. The van der Waals surface area contributed by atoms with E-state index in [0.29, 0.717) is 13.1 Å². The molecule has 0 N–H and O–H groups in total. The fraction of sp³-hybridized carbons (Fsp3) is 0.579. The van der Waals surface area contributed by atoms with Crippen molar-refractivity contribution >= 4 is 33.2 Å². The van der Waals surface area contributed by atoms with Crippen molar-refractivity contribution in [2.24, 2.45) is 5.41 Å². The molecule has 26 heavy (non-hydrogen) atoms. The molecular formula is C19H24ClNO4S. The van der Waals surface area contributed by atoms with Gasteiger partial charge in [0.2, 0.25) is 0 Å². The second kappa shape index (κ2) is 8.08. The number of hydrogen-bond donors (Lipinski definition) is 0. The van der Waals surface area contributed by atoms with Crippen LogP contribution in [0.1, 0.15) is 52.9 Å². The van der Waals surface area contributed by atoms with Gasteiger partial charge in [0.15, 0.2) is 5.78 Å². The highest BCUT2D eigenvalue weighted by atomic mass is 35.5. The summed E-state index contributed by atoms with van der Waals surface area (Å²) in [6, 6.07) is 0. The lowest BCUT2D eigenvalue weighted by Crippen LogP contribution is -2.36. The summed E-state index contributed by atoms with van der Waals surface area (Å²) in [6.07, 6.45) is 3.97. The Labute approximate surface area is 160 Å². The Balaban J connectivity index is 2.19. The third-order valence-corrected chi connectivity index (χ3v) is 6.58. The molecule has 0 amide bonds. The molecule has 0 spiro atoms.